The topological polar surface area (TPSA) is 85.8 Å². The molecule has 3 heterocycles. The second-order valence-corrected chi connectivity index (χ2v) is 11.8. The van der Waals surface area contributed by atoms with E-state index in [1.54, 1.807) is 17.2 Å². The molecular weight excluding hydrogens is 535 g/mol. The minimum absolute atomic E-state index is 0.245. The van der Waals surface area contributed by atoms with Crippen molar-refractivity contribution in [2.24, 2.45) is 0 Å². The van der Waals surface area contributed by atoms with Crippen molar-refractivity contribution in [1.29, 1.82) is 0 Å². The molecule has 6 rings (SSSR count). The Kier molecular flexibility index (Phi) is 7.35. The summed E-state index contributed by atoms with van der Waals surface area (Å²) in [6.45, 7) is 7.62. The Bertz CT molecular complexity index is 1640. The number of carbonyl (C=O) groups excluding carboxylic acids is 1. The van der Waals surface area contributed by atoms with Gasteiger partial charge < -0.3 is 24.4 Å². The molecule has 2 aliphatic rings. The zero-order valence-corrected chi connectivity index (χ0v) is 24.4. The van der Waals surface area contributed by atoms with E-state index in [1.165, 1.54) is 30.4 Å². The standard InChI is InChI=1S/C33H35FN4O4/c1-33(2,3)42-32(39)38-15-12-20(13-16-38)23-10-11-27(30-26(23)14-17-41-30)36-31-35-19-21-6-5-7-25(29(21)37-31)24-9-8-22(34)18-28(24)40-4/h5-11,18-20H,12-17H2,1-4H3,(H,35,36,37). The average Bonchev–Trinajstić information content (AvgIpc) is 3.47. The highest BCUT2D eigenvalue weighted by Crippen LogP contribution is 2.43. The third-order valence-electron chi connectivity index (χ3n) is 7.79. The molecule has 0 bridgehead atoms. The number of amides is 1. The SMILES string of the molecule is COc1cc(F)ccc1-c1cccc2cnc(Nc3ccc(C4CCN(C(=O)OC(C)(C)C)CC4)c4c3OCC4)nc12. The molecule has 1 aromatic heterocycles. The fourth-order valence-corrected chi connectivity index (χ4v) is 5.84. The number of rotatable bonds is 5. The third kappa shape index (κ3) is 5.55. The summed E-state index contributed by atoms with van der Waals surface area (Å²) in [4.78, 5) is 23.8. The highest BCUT2D eigenvalue weighted by molar-refractivity contribution is 5.95. The van der Waals surface area contributed by atoms with Gasteiger partial charge in [0.1, 0.15) is 22.9 Å². The van der Waals surface area contributed by atoms with E-state index in [2.05, 4.69) is 16.4 Å². The van der Waals surface area contributed by atoms with Crippen molar-refractivity contribution in [1.82, 2.24) is 14.9 Å². The predicted molar refractivity (Wildman–Crippen MR) is 160 cm³/mol. The summed E-state index contributed by atoms with van der Waals surface area (Å²) < 4.78 is 31.0. The molecule has 0 atom stereocenters. The van der Waals surface area contributed by atoms with Gasteiger partial charge in [0.05, 0.1) is 24.9 Å². The smallest absolute Gasteiger partial charge is 0.410 e. The molecule has 0 unspecified atom stereocenters. The molecule has 8 nitrogen and oxygen atoms in total. The van der Waals surface area contributed by atoms with Gasteiger partial charge in [0.2, 0.25) is 5.95 Å². The lowest BCUT2D eigenvalue weighted by atomic mass is 9.85. The fraction of sp³-hybridized carbons (Fsp3) is 0.364. The largest absolute Gasteiger partial charge is 0.496 e. The first kappa shape index (κ1) is 27.8. The Morgan fingerprint density at radius 3 is 2.67 bits per heavy atom. The summed E-state index contributed by atoms with van der Waals surface area (Å²) in [5.74, 6) is 1.69. The summed E-state index contributed by atoms with van der Waals surface area (Å²) >= 11 is 0. The molecule has 1 amide bonds. The Hall–Kier alpha value is -4.40. The molecule has 218 valence electrons. The molecular formula is C33H35FN4O4. The number of carbonyl (C=O) groups is 1. The van der Waals surface area contributed by atoms with E-state index in [4.69, 9.17) is 19.2 Å². The van der Waals surface area contributed by atoms with Crippen molar-refractivity contribution < 1.29 is 23.4 Å². The number of methoxy groups -OCH3 is 1. The summed E-state index contributed by atoms with van der Waals surface area (Å²) in [6.07, 6.45) is 4.12. The number of nitrogens with zero attached hydrogens (tertiary/aromatic N) is 3. The molecule has 1 fully saturated rings. The van der Waals surface area contributed by atoms with Crippen molar-refractivity contribution in [2.75, 3.05) is 32.1 Å². The molecule has 1 N–H and O–H groups in total. The van der Waals surface area contributed by atoms with Crippen LogP contribution in [0.4, 0.5) is 20.8 Å². The van der Waals surface area contributed by atoms with Crippen LogP contribution in [-0.4, -0.2) is 53.4 Å². The van der Waals surface area contributed by atoms with Gasteiger partial charge in [-0.1, -0.05) is 24.3 Å². The molecule has 0 saturated carbocycles. The van der Waals surface area contributed by atoms with Gasteiger partial charge in [-0.05, 0) is 63.3 Å². The maximum Gasteiger partial charge on any atom is 0.410 e. The minimum atomic E-state index is -0.501. The molecule has 9 heteroatoms. The van der Waals surface area contributed by atoms with Crippen LogP contribution in [-0.2, 0) is 11.2 Å². The number of benzene rings is 3. The maximum absolute atomic E-state index is 13.9. The number of halogens is 1. The van der Waals surface area contributed by atoms with E-state index in [-0.39, 0.29) is 11.9 Å². The first-order valence-corrected chi connectivity index (χ1v) is 14.3. The molecule has 2 aliphatic heterocycles. The molecule has 42 heavy (non-hydrogen) atoms. The zero-order chi connectivity index (χ0) is 29.4. The van der Waals surface area contributed by atoms with Crippen molar-refractivity contribution in [3.05, 3.63) is 71.7 Å². The van der Waals surface area contributed by atoms with Crippen LogP contribution in [0.15, 0.2) is 54.7 Å². The number of aromatic nitrogens is 2. The normalized spacial score (nSPS) is 15.3. The van der Waals surface area contributed by atoms with Crippen molar-refractivity contribution in [3.8, 4) is 22.6 Å². The van der Waals surface area contributed by atoms with Crippen LogP contribution < -0.4 is 14.8 Å². The maximum atomic E-state index is 13.9. The van der Waals surface area contributed by atoms with Crippen LogP contribution in [0.2, 0.25) is 0 Å². The van der Waals surface area contributed by atoms with Gasteiger partial charge in [-0.2, -0.15) is 0 Å². The van der Waals surface area contributed by atoms with Gasteiger partial charge >= 0.3 is 6.09 Å². The van der Waals surface area contributed by atoms with E-state index in [0.29, 0.717) is 37.3 Å². The number of ether oxygens (including phenoxy) is 3. The minimum Gasteiger partial charge on any atom is -0.496 e. The summed E-state index contributed by atoms with van der Waals surface area (Å²) in [5.41, 5.74) is 5.10. The van der Waals surface area contributed by atoms with Crippen molar-refractivity contribution in [2.45, 2.75) is 51.6 Å². The van der Waals surface area contributed by atoms with E-state index in [1.807, 2.05) is 45.0 Å². The number of fused-ring (bicyclic) bond motifs is 2. The number of anilines is 2. The van der Waals surface area contributed by atoms with E-state index in [9.17, 15) is 9.18 Å². The van der Waals surface area contributed by atoms with Crippen LogP contribution in [0.1, 0.15) is 50.7 Å². The lowest BCUT2D eigenvalue weighted by molar-refractivity contribution is 0.0204. The molecule has 1 saturated heterocycles. The van der Waals surface area contributed by atoms with Crippen molar-refractivity contribution in [3.63, 3.8) is 0 Å². The van der Waals surface area contributed by atoms with Crippen LogP contribution in [0.25, 0.3) is 22.0 Å². The highest BCUT2D eigenvalue weighted by Gasteiger charge is 2.31. The average molecular weight is 571 g/mol. The van der Waals surface area contributed by atoms with Gasteiger partial charge in [0, 0.05) is 53.9 Å². The molecule has 0 spiro atoms. The molecule has 0 aliphatic carbocycles. The monoisotopic (exact) mass is 570 g/mol. The lowest BCUT2D eigenvalue weighted by Gasteiger charge is -2.34. The first-order valence-electron chi connectivity index (χ1n) is 14.3. The Balaban J connectivity index is 1.25. The van der Waals surface area contributed by atoms with Gasteiger partial charge in [-0.15, -0.1) is 0 Å². The predicted octanol–water partition coefficient (Wildman–Crippen LogP) is 7.24. The van der Waals surface area contributed by atoms with Crippen molar-refractivity contribution >= 4 is 28.6 Å². The lowest BCUT2D eigenvalue weighted by Crippen LogP contribution is -2.41. The first-order chi connectivity index (χ1) is 20.2. The van der Waals surface area contributed by atoms with Gasteiger partial charge in [0.25, 0.3) is 0 Å². The molecule has 0 radical (unpaired) electrons. The fourth-order valence-electron chi connectivity index (χ4n) is 5.84. The van der Waals surface area contributed by atoms with Crippen LogP contribution in [0.3, 0.4) is 0 Å². The zero-order valence-electron chi connectivity index (χ0n) is 24.4. The van der Waals surface area contributed by atoms with E-state index in [0.717, 1.165) is 52.7 Å². The Morgan fingerprint density at radius 1 is 1.10 bits per heavy atom. The number of para-hydroxylation sites is 1. The van der Waals surface area contributed by atoms with E-state index < -0.39 is 5.60 Å². The van der Waals surface area contributed by atoms with Crippen LogP contribution >= 0.6 is 0 Å². The number of hydrogen-bond acceptors (Lipinski definition) is 7. The van der Waals surface area contributed by atoms with Gasteiger partial charge in [-0.25, -0.2) is 19.2 Å². The second-order valence-electron chi connectivity index (χ2n) is 11.8. The Labute approximate surface area is 244 Å². The van der Waals surface area contributed by atoms with Crippen LogP contribution in [0, 0.1) is 5.82 Å². The van der Waals surface area contributed by atoms with E-state index >= 15 is 0 Å². The second kappa shape index (κ2) is 11.1. The number of hydrogen-bond donors (Lipinski definition) is 1. The number of likely N-dealkylation sites (tertiary alicyclic amines) is 1. The quantitative estimate of drug-likeness (QED) is 0.271. The molecule has 4 aromatic rings. The number of piperidine rings is 1. The van der Waals surface area contributed by atoms with Gasteiger partial charge in [0.15, 0.2) is 0 Å². The molecule has 3 aromatic carbocycles. The third-order valence-corrected chi connectivity index (χ3v) is 7.79. The number of nitrogens with one attached hydrogen (secondary N) is 1. The van der Waals surface area contributed by atoms with Gasteiger partial charge in [-0.3, -0.25) is 0 Å². The highest BCUT2D eigenvalue weighted by atomic mass is 19.1. The summed E-state index contributed by atoms with van der Waals surface area (Å²) in [7, 11) is 1.53. The van der Waals surface area contributed by atoms with Crippen LogP contribution in [0.5, 0.6) is 11.5 Å². The summed E-state index contributed by atoms with van der Waals surface area (Å²) in [6, 6.07) is 14.5. The summed E-state index contributed by atoms with van der Waals surface area (Å²) in [5, 5.41) is 4.24. The Morgan fingerprint density at radius 2 is 1.90 bits per heavy atom.